The normalized spacial score (nSPS) is 15.9. The minimum atomic E-state index is 0.730. The predicted molar refractivity (Wildman–Crippen MR) is 67.7 cm³/mol. The fourth-order valence-corrected chi connectivity index (χ4v) is 2.66. The molecule has 17 heavy (non-hydrogen) atoms. The van der Waals surface area contributed by atoms with E-state index in [1.807, 2.05) is 6.20 Å². The number of rotatable bonds is 1. The number of nitrogens with zero attached hydrogens (tertiary/aromatic N) is 3. The van der Waals surface area contributed by atoms with Crippen LogP contribution >= 0.6 is 11.6 Å². The Kier molecular flexibility index (Phi) is 2.76. The van der Waals surface area contributed by atoms with Crippen molar-refractivity contribution in [2.24, 2.45) is 0 Å². The summed E-state index contributed by atoms with van der Waals surface area (Å²) in [7, 11) is 0. The van der Waals surface area contributed by atoms with E-state index in [2.05, 4.69) is 17.3 Å². The maximum Gasteiger partial charge on any atom is 0.160 e. The Balaban J connectivity index is 2.27. The fourth-order valence-electron chi connectivity index (χ4n) is 2.33. The summed E-state index contributed by atoms with van der Waals surface area (Å²) in [5.41, 5.74) is 4.35. The van der Waals surface area contributed by atoms with E-state index in [0.717, 1.165) is 60.0 Å². The molecule has 90 valence electrons. The molecule has 1 aliphatic rings. The predicted octanol–water partition coefficient (Wildman–Crippen LogP) is 1.63. The van der Waals surface area contributed by atoms with Crippen LogP contribution in [0.2, 0.25) is 5.15 Å². The number of hydrogen-bond donors (Lipinski definition) is 1. The van der Waals surface area contributed by atoms with Gasteiger partial charge in [0.2, 0.25) is 0 Å². The lowest BCUT2D eigenvalue weighted by Crippen LogP contribution is -2.16. The Morgan fingerprint density at radius 2 is 2.24 bits per heavy atom. The SMILES string of the molecule is CCc1cnn2c(Cl)c3c(nc12)CCNCC3. The van der Waals surface area contributed by atoms with Gasteiger partial charge in [0.25, 0.3) is 0 Å². The minimum absolute atomic E-state index is 0.730. The summed E-state index contributed by atoms with van der Waals surface area (Å²) >= 11 is 6.44. The highest BCUT2D eigenvalue weighted by atomic mass is 35.5. The molecule has 3 rings (SSSR count). The lowest BCUT2D eigenvalue weighted by molar-refractivity contribution is 0.708. The maximum atomic E-state index is 6.44. The second-order valence-corrected chi connectivity index (χ2v) is 4.69. The molecule has 0 spiro atoms. The van der Waals surface area contributed by atoms with E-state index >= 15 is 0 Å². The molecule has 0 aromatic carbocycles. The summed E-state index contributed by atoms with van der Waals surface area (Å²) in [6, 6.07) is 0. The van der Waals surface area contributed by atoms with E-state index in [4.69, 9.17) is 16.6 Å². The van der Waals surface area contributed by atoms with Crippen molar-refractivity contribution in [3.8, 4) is 0 Å². The van der Waals surface area contributed by atoms with Crippen molar-refractivity contribution in [2.75, 3.05) is 13.1 Å². The van der Waals surface area contributed by atoms with Gasteiger partial charge >= 0.3 is 0 Å². The molecular weight excluding hydrogens is 236 g/mol. The zero-order valence-electron chi connectivity index (χ0n) is 9.83. The Morgan fingerprint density at radius 3 is 3.06 bits per heavy atom. The standard InChI is InChI=1S/C12H15ClN4/c1-2-8-7-15-17-11(13)9-3-5-14-6-4-10(9)16-12(8)17/h7,14H,2-6H2,1H3. The number of hydrogen-bond acceptors (Lipinski definition) is 3. The Bertz CT molecular complexity index is 561. The summed E-state index contributed by atoms with van der Waals surface area (Å²) in [6.07, 6.45) is 4.67. The van der Waals surface area contributed by atoms with Gasteiger partial charge in [-0.3, -0.25) is 0 Å². The van der Waals surface area contributed by atoms with E-state index in [1.165, 1.54) is 0 Å². The molecule has 0 aliphatic carbocycles. The first-order valence-electron chi connectivity index (χ1n) is 6.06. The van der Waals surface area contributed by atoms with Crippen molar-refractivity contribution in [2.45, 2.75) is 26.2 Å². The maximum absolute atomic E-state index is 6.44. The van der Waals surface area contributed by atoms with Crippen molar-refractivity contribution in [1.29, 1.82) is 0 Å². The molecule has 0 fully saturated rings. The van der Waals surface area contributed by atoms with Crippen molar-refractivity contribution < 1.29 is 0 Å². The van der Waals surface area contributed by atoms with E-state index in [0.29, 0.717) is 0 Å². The molecule has 2 aromatic rings. The summed E-state index contributed by atoms with van der Waals surface area (Å²) in [5, 5.41) is 8.43. The van der Waals surface area contributed by atoms with Crippen LogP contribution < -0.4 is 5.32 Å². The van der Waals surface area contributed by atoms with Gasteiger partial charge in [-0.25, -0.2) is 9.50 Å². The molecule has 0 amide bonds. The molecule has 0 atom stereocenters. The first kappa shape index (κ1) is 11.0. The highest BCUT2D eigenvalue weighted by Crippen LogP contribution is 2.24. The number of halogens is 1. The third-order valence-corrected chi connectivity index (χ3v) is 3.70. The van der Waals surface area contributed by atoms with Gasteiger partial charge in [-0.15, -0.1) is 0 Å². The van der Waals surface area contributed by atoms with Gasteiger partial charge in [0, 0.05) is 24.1 Å². The largest absolute Gasteiger partial charge is 0.316 e. The zero-order chi connectivity index (χ0) is 11.8. The molecule has 2 aromatic heterocycles. The van der Waals surface area contributed by atoms with Crippen LogP contribution in [0.4, 0.5) is 0 Å². The van der Waals surface area contributed by atoms with Gasteiger partial charge < -0.3 is 5.32 Å². The van der Waals surface area contributed by atoms with Crippen LogP contribution in [0.1, 0.15) is 23.7 Å². The van der Waals surface area contributed by atoms with E-state index in [9.17, 15) is 0 Å². The van der Waals surface area contributed by atoms with Gasteiger partial charge in [0.1, 0.15) is 5.15 Å². The molecular formula is C12H15ClN4. The molecule has 0 radical (unpaired) electrons. The second-order valence-electron chi connectivity index (χ2n) is 4.34. The van der Waals surface area contributed by atoms with E-state index in [-0.39, 0.29) is 0 Å². The van der Waals surface area contributed by atoms with E-state index < -0.39 is 0 Å². The molecule has 5 heteroatoms. The molecule has 1 aliphatic heterocycles. The monoisotopic (exact) mass is 250 g/mol. The third kappa shape index (κ3) is 1.72. The minimum Gasteiger partial charge on any atom is -0.316 e. The highest BCUT2D eigenvalue weighted by molar-refractivity contribution is 6.30. The van der Waals surface area contributed by atoms with Crippen LogP contribution in [0.3, 0.4) is 0 Å². The van der Waals surface area contributed by atoms with Crippen LogP contribution in [-0.4, -0.2) is 27.7 Å². The Labute approximate surface area is 105 Å². The Hall–Kier alpha value is -1.13. The summed E-state index contributed by atoms with van der Waals surface area (Å²) in [5.74, 6) is 0. The van der Waals surface area contributed by atoms with Gasteiger partial charge in [-0.05, 0) is 19.4 Å². The molecule has 0 bridgehead atoms. The van der Waals surface area contributed by atoms with Crippen LogP contribution in [0.25, 0.3) is 5.65 Å². The number of fused-ring (bicyclic) bond motifs is 2. The smallest absolute Gasteiger partial charge is 0.160 e. The summed E-state index contributed by atoms with van der Waals surface area (Å²) < 4.78 is 1.77. The number of aryl methyl sites for hydroxylation is 1. The quantitative estimate of drug-likeness (QED) is 0.783. The van der Waals surface area contributed by atoms with E-state index in [1.54, 1.807) is 4.52 Å². The first-order chi connectivity index (χ1) is 8.31. The highest BCUT2D eigenvalue weighted by Gasteiger charge is 2.17. The van der Waals surface area contributed by atoms with Gasteiger partial charge in [0.15, 0.2) is 5.65 Å². The van der Waals surface area contributed by atoms with Crippen LogP contribution in [-0.2, 0) is 19.3 Å². The van der Waals surface area contributed by atoms with Crippen molar-refractivity contribution >= 4 is 17.2 Å². The van der Waals surface area contributed by atoms with Crippen molar-refractivity contribution in [1.82, 2.24) is 19.9 Å². The lowest BCUT2D eigenvalue weighted by Gasteiger charge is -2.08. The van der Waals surface area contributed by atoms with Gasteiger partial charge in [-0.1, -0.05) is 18.5 Å². The molecule has 0 saturated carbocycles. The Morgan fingerprint density at radius 1 is 1.41 bits per heavy atom. The van der Waals surface area contributed by atoms with Gasteiger partial charge in [0.05, 0.1) is 11.9 Å². The molecule has 3 heterocycles. The molecule has 1 N–H and O–H groups in total. The zero-order valence-corrected chi connectivity index (χ0v) is 10.6. The van der Waals surface area contributed by atoms with Crippen molar-refractivity contribution in [3.63, 3.8) is 0 Å². The second kappa shape index (κ2) is 4.27. The molecule has 0 unspecified atom stereocenters. The van der Waals surface area contributed by atoms with Crippen LogP contribution in [0.15, 0.2) is 6.20 Å². The topological polar surface area (TPSA) is 42.2 Å². The average Bonchev–Trinajstić information content (AvgIpc) is 2.59. The first-order valence-corrected chi connectivity index (χ1v) is 6.43. The number of nitrogens with one attached hydrogen (secondary N) is 1. The fraction of sp³-hybridized carbons (Fsp3) is 0.500. The van der Waals surface area contributed by atoms with Crippen molar-refractivity contribution in [3.05, 3.63) is 28.2 Å². The average molecular weight is 251 g/mol. The number of aromatic nitrogens is 3. The summed E-state index contributed by atoms with van der Waals surface area (Å²) in [6.45, 7) is 4.05. The van der Waals surface area contributed by atoms with Gasteiger partial charge in [-0.2, -0.15) is 5.10 Å². The van der Waals surface area contributed by atoms with Crippen LogP contribution in [0.5, 0.6) is 0 Å². The summed E-state index contributed by atoms with van der Waals surface area (Å²) in [4.78, 5) is 4.74. The lowest BCUT2D eigenvalue weighted by atomic mass is 10.1. The third-order valence-electron chi connectivity index (χ3n) is 3.31. The van der Waals surface area contributed by atoms with Crippen LogP contribution in [0, 0.1) is 0 Å². The molecule has 4 nitrogen and oxygen atoms in total. The molecule has 0 saturated heterocycles.